The van der Waals surface area contributed by atoms with Crippen LogP contribution in [0.3, 0.4) is 0 Å². The number of aromatic nitrogens is 1. The molecule has 1 aliphatic rings. The van der Waals surface area contributed by atoms with Crippen molar-refractivity contribution in [1.29, 1.82) is 0 Å². The van der Waals surface area contributed by atoms with E-state index < -0.39 is 0 Å². The van der Waals surface area contributed by atoms with Crippen molar-refractivity contribution in [3.63, 3.8) is 0 Å². The Morgan fingerprint density at radius 1 is 1.12 bits per heavy atom. The molecule has 1 saturated carbocycles. The highest BCUT2D eigenvalue weighted by Crippen LogP contribution is 2.35. The van der Waals surface area contributed by atoms with Crippen molar-refractivity contribution in [2.75, 3.05) is 0 Å². The molecular formula is C15H18N2. The molecule has 2 atom stereocenters. The number of nitrogens with zero attached hydrogens (tertiary/aromatic N) is 1. The maximum absolute atomic E-state index is 6.09. The molecule has 0 bridgehead atoms. The molecule has 1 aliphatic carbocycles. The number of benzene rings is 1. The van der Waals surface area contributed by atoms with Gasteiger partial charge < -0.3 is 5.73 Å². The summed E-state index contributed by atoms with van der Waals surface area (Å²) in [6.45, 7) is 0. The second-order valence-electron chi connectivity index (χ2n) is 5.04. The standard InChI is InChI=1S/C15H18N2/c16-12-5-1-4-11(10-12)13-6-2-8-15-14(13)7-3-9-17-15/h2-3,6-9,11-12H,1,4-5,10,16H2. The van der Waals surface area contributed by atoms with Crippen molar-refractivity contribution >= 4 is 10.9 Å². The van der Waals surface area contributed by atoms with Crippen LogP contribution >= 0.6 is 0 Å². The third kappa shape index (κ3) is 2.05. The van der Waals surface area contributed by atoms with Gasteiger partial charge in [-0.2, -0.15) is 0 Å². The molecule has 2 nitrogen and oxygen atoms in total. The van der Waals surface area contributed by atoms with Gasteiger partial charge in [0.05, 0.1) is 5.52 Å². The number of pyridine rings is 1. The van der Waals surface area contributed by atoms with Crippen LogP contribution in [-0.4, -0.2) is 11.0 Å². The van der Waals surface area contributed by atoms with E-state index in [9.17, 15) is 0 Å². The average Bonchev–Trinajstić information content (AvgIpc) is 2.38. The Hall–Kier alpha value is -1.41. The number of nitrogens with two attached hydrogens (primary N) is 1. The molecule has 0 aliphatic heterocycles. The Morgan fingerprint density at radius 2 is 2.06 bits per heavy atom. The summed E-state index contributed by atoms with van der Waals surface area (Å²) in [5.41, 5.74) is 8.63. The number of rotatable bonds is 1. The summed E-state index contributed by atoms with van der Waals surface area (Å²) in [4.78, 5) is 4.42. The zero-order valence-corrected chi connectivity index (χ0v) is 9.97. The third-order valence-corrected chi connectivity index (χ3v) is 3.83. The molecule has 1 fully saturated rings. The molecule has 2 aromatic rings. The van der Waals surface area contributed by atoms with E-state index in [4.69, 9.17) is 5.73 Å². The Bertz CT molecular complexity index is 516. The zero-order valence-electron chi connectivity index (χ0n) is 9.97. The molecule has 0 spiro atoms. The Balaban J connectivity index is 2.04. The Kier molecular flexibility index (Phi) is 2.81. The van der Waals surface area contributed by atoms with Crippen molar-refractivity contribution in [1.82, 2.24) is 4.98 Å². The van der Waals surface area contributed by atoms with Gasteiger partial charge >= 0.3 is 0 Å². The van der Waals surface area contributed by atoms with Gasteiger partial charge in [0.1, 0.15) is 0 Å². The summed E-state index contributed by atoms with van der Waals surface area (Å²) in [5, 5.41) is 1.30. The van der Waals surface area contributed by atoms with E-state index in [0.29, 0.717) is 12.0 Å². The molecular weight excluding hydrogens is 208 g/mol. The summed E-state index contributed by atoms with van der Waals surface area (Å²) >= 11 is 0. The number of hydrogen-bond donors (Lipinski definition) is 1. The fourth-order valence-corrected chi connectivity index (χ4v) is 2.99. The minimum atomic E-state index is 0.376. The maximum atomic E-state index is 6.09. The van der Waals surface area contributed by atoms with Crippen molar-refractivity contribution in [2.24, 2.45) is 5.73 Å². The summed E-state index contributed by atoms with van der Waals surface area (Å²) in [6.07, 6.45) is 6.68. The van der Waals surface area contributed by atoms with Gasteiger partial charge in [0.15, 0.2) is 0 Å². The van der Waals surface area contributed by atoms with Gasteiger partial charge in [0, 0.05) is 17.6 Å². The van der Waals surface area contributed by atoms with Crippen molar-refractivity contribution in [2.45, 2.75) is 37.6 Å². The lowest BCUT2D eigenvalue weighted by molar-refractivity contribution is 0.395. The van der Waals surface area contributed by atoms with Gasteiger partial charge in [-0.25, -0.2) is 0 Å². The monoisotopic (exact) mass is 226 g/mol. The zero-order chi connectivity index (χ0) is 11.7. The first kappa shape index (κ1) is 10.7. The number of fused-ring (bicyclic) bond motifs is 1. The summed E-state index contributed by atoms with van der Waals surface area (Å²) in [6, 6.07) is 11.0. The Labute approximate surface area is 102 Å². The van der Waals surface area contributed by atoms with E-state index >= 15 is 0 Å². The van der Waals surface area contributed by atoms with Crippen LogP contribution in [0.4, 0.5) is 0 Å². The molecule has 0 amide bonds. The highest BCUT2D eigenvalue weighted by Gasteiger charge is 2.21. The molecule has 2 unspecified atom stereocenters. The van der Waals surface area contributed by atoms with Crippen molar-refractivity contribution in [3.8, 4) is 0 Å². The minimum Gasteiger partial charge on any atom is -0.328 e. The summed E-state index contributed by atoms with van der Waals surface area (Å²) in [7, 11) is 0. The smallest absolute Gasteiger partial charge is 0.0704 e. The molecule has 2 heteroatoms. The van der Waals surface area contributed by atoms with Crippen molar-refractivity contribution < 1.29 is 0 Å². The summed E-state index contributed by atoms with van der Waals surface area (Å²) in [5.74, 6) is 0.617. The van der Waals surface area contributed by atoms with Gasteiger partial charge in [-0.1, -0.05) is 24.6 Å². The highest BCUT2D eigenvalue weighted by atomic mass is 14.7. The molecule has 1 heterocycles. The first-order chi connectivity index (χ1) is 8.34. The molecule has 0 saturated heterocycles. The molecule has 88 valence electrons. The maximum Gasteiger partial charge on any atom is 0.0704 e. The SMILES string of the molecule is NC1CCCC(c2cccc3ncccc23)C1. The average molecular weight is 226 g/mol. The predicted molar refractivity (Wildman–Crippen MR) is 70.9 cm³/mol. The highest BCUT2D eigenvalue weighted by molar-refractivity contribution is 5.82. The fraction of sp³-hybridized carbons (Fsp3) is 0.400. The third-order valence-electron chi connectivity index (χ3n) is 3.83. The van der Waals surface area contributed by atoms with Gasteiger partial charge in [-0.15, -0.1) is 0 Å². The second-order valence-corrected chi connectivity index (χ2v) is 5.04. The number of hydrogen-bond acceptors (Lipinski definition) is 2. The minimum absolute atomic E-state index is 0.376. The van der Waals surface area contributed by atoms with E-state index in [0.717, 1.165) is 11.9 Å². The topological polar surface area (TPSA) is 38.9 Å². The van der Waals surface area contributed by atoms with Gasteiger partial charge in [0.25, 0.3) is 0 Å². The quantitative estimate of drug-likeness (QED) is 0.811. The summed E-state index contributed by atoms with van der Waals surface area (Å²) < 4.78 is 0. The van der Waals surface area contributed by atoms with Gasteiger partial charge in [-0.3, -0.25) is 4.98 Å². The second kappa shape index (κ2) is 4.46. The van der Waals surface area contributed by atoms with Crippen LogP contribution in [0.15, 0.2) is 36.5 Å². The van der Waals surface area contributed by atoms with Crippen LogP contribution in [0.1, 0.15) is 37.2 Å². The van der Waals surface area contributed by atoms with Crippen molar-refractivity contribution in [3.05, 3.63) is 42.1 Å². The van der Waals surface area contributed by atoms with E-state index in [2.05, 4.69) is 29.2 Å². The van der Waals surface area contributed by atoms with E-state index in [-0.39, 0.29) is 0 Å². The largest absolute Gasteiger partial charge is 0.328 e. The fourth-order valence-electron chi connectivity index (χ4n) is 2.99. The molecule has 1 aromatic heterocycles. The molecule has 17 heavy (non-hydrogen) atoms. The first-order valence-corrected chi connectivity index (χ1v) is 6.44. The lowest BCUT2D eigenvalue weighted by Crippen LogP contribution is -2.26. The van der Waals surface area contributed by atoms with E-state index in [1.807, 2.05) is 12.3 Å². The van der Waals surface area contributed by atoms with Crippen LogP contribution in [-0.2, 0) is 0 Å². The molecule has 1 aromatic carbocycles. The van der Waals surface area contributed by atoms with E-state index in [1.165, 1.54) is 30.2 Å². The Morgan fingerprint density at radius 3 is 2.94 bits per heavy atom. The normalized spacial score (nSPS) is 25.0. The van der Waals surface area contributed by atoms with E-state index in [1.54, 1.807) is 0 Å². The van der Waals surface area contributed by atoms with Gasteiger partial charge in [-0.05, 0) is 42.9 Å². The lowest BCUT2D eigenvalue weighted by atomic mass is 9.80. The van der Waals surface area contributed by atoms with Gasteiger partial charge in [0.2, 0.25) is 0 Å². The molecule has 0 radical (unpaired) electrons. The molecule has 2 N–H and O–H groups in total. The first-order valence-electron chi connectivity index (χ1n) is 6.44. The van der Waals surface area contributed by atoms with Crippen LogP contribution in [0.2, 0.25) is 0 Å². The van der Waals surface area contributed by atoms with Crippen LogP contribution in [0.25, 0.3) is 10.9 Å². The predicted octanol–water partition coefficient (Wildman–Crippen LogP) is 3.22. The van der Waals surface area contributed by atoms with Crippen LogP contribution < -0.4 is 5.73 Å². The lowest BCUT2D eigenvalue weighted by Gasteiger charge is -2.27. The van der Waals surface area contributed by atoms with Crippen LogP contribution in [0.5, 0.6) is 0 Å². The van der Waals surface area contributed by atoms with Crippen LogP contribution in [0, 0.1) is 0 Å². The molecule has 3 rings (SSSR count).